The highest BCUT2D eigenvalue weighted by Gasteiger charge is 2.25. The number of nitrogens with zero attached hydrogens (tertiary/aromatic N) is 2. The van der Waals surface area contributed by atoms with Crippen molar-refractivity contribution in [2.45, 2.75) is 25.9 Å². The van der Waals surface area contributed by atoms with Crippen LogP contribution in [-0.2, 0) is 6.54 Å². The van der Waals surface area contributed by atoms with Crippen LogP contribution in [0.1, 0.15) is 18.9 Å². The molecule has 1 heterocycles. The molecule has 0 radical (unpaired) electrons. The van der Waals surface area contributed by atoms with Crippen LogP contribution in [0.25, 0.3) is 0 Å². The maximum Gasteiger partial charge on any atom is 0.191 e. The summed E-state index contributed by atoms with van der Waals surface area (Å²) in [6, 6.07) is 10.9. The molecule has 3 nitrogen and oxygen atoms in total. The number of nitrogens with two attached hydrogens (primary N) is 1. The molecule has 1 unspecified atom stereocenters. The van der Waals surface area contributed by atoms with E-state index in [9.17, 15) is 0 Å². The summed E-state index contributed by atoms with van der Waals surface area (Å²) in [6.45, 7) is 3.92. The van der Waals surface area contributed by atoms with Crippen LogP contribution < -0.4 is 5.73 Å². The first-order valence-corrected chi connectivity index (χ1v) is 7.65. The summed E-state index contributed by atoms with van der Waals surface area (Å²) >= 11 is 1.99. The minimum absolute atomic E-state index is 0.476. The van der Waals surface area contributed by atoms with E-state index < -0.39 is 0 Å². The summed E-state index contributed by atoms with van der Waals surface area (Å²) < 4.78 is 0. The lowest BCUT2D eigenvalue weighted by Gasteiger charge is -2.26. The third kappa shape index (κ3) is 3.42. The molecule has 1 aliphatic rings. The van der Waals surface area contributed by atoms with Gasteiger partial charge in [-0.05, 0) is 23.5 Å². The van der Waals surface area contributed by atoms with Crippen molar-refractivity contribution in [3.63, 3.8) is 0 Å². The van der Waals surface area contributed by atoms with E-state index in [2.05, 4.69) is 41.1 Å². The first-order chi connectivity index (χ1) is 8.81. The van der Waals surface area contributed by atoms with Gasteiger partial charge in [-0.15, -0.1) is 0 Å². The van der Waals surface area contributed by atoms with Gasteiger partial charge in [0, 0.05) is 6.54 Å². The fourth-order valence-electron chi connectivity index (χ4n) is 2.18. The van der Waals surface area contributed by atoms with E-state index in [0.717, 1.165) is 19.5 Å². The van der Waals surface area contributed by atoms with Gasteiger partial charge in [-0.25, -0.2) is 0 Å². The Labute approximate surface area is 113 Å². The van der Waals surface area contributed by atoms with Crippen LogP contribution in [0.2, 0.25) is 0 Å². The van der Waals surface area contributed by atoms with Crippen LogP contribution in [0.15, 0.2) is 35.3 Å². The SMILES string of the molecule is CCSCCC1CN=C(N)N1Cc1ccccc1. The van der Waals surface area contributed by atoms with E-state index >= 15 is 0 Å². The number of guanidine groups is 1. The molecule has 2 N–H and O–H groups in total. The second kappa shape index (κ2) is 6.69. The molecule has 18 heavy (non-hydrogen) atoms. The van der Waals surface area contributed by atoms with Crippen LogP contribution in [0.4, 0.5) is 0 Å². The number of hydrogen-bond donors (Lipinski definition) is 1. The minimum atomic E-state index is 0.476. The highest BCUT2D eigenvalue weighted by Crippen LogP contribution is 2.18. The molecule has 2 rings (SSSR count). The second-order valence-corrected chi connectivity index (χ2v) is 5.85. The Balaban J connectivity index is 1.93. The van der Waals surface area contributed by atoms with E-state index in [4.69, 9.17) is 5.73 Å². The molecule has 1 aromatic carbocycles. The normalized spacial score (nSPS) is 19.1. The summed E-state index contributed by atoms with van der Waals surface area (Å²) in [4.78, 5) is 6.63. The maximum absolute atomic E-state index is 5.99. The average Bonchev–Trinajstić information content (AvgIpc) is 2.73. The molecule has 0 aromatic heterocycles. The Morgan fingerprint density at radius 2 is 2.17 bits per heavy atom. The molecule has 1 atom stereocenters. The fraction of sp³-hybridized carbons (Fsp3) is 0.500. The van der Waals surface area contributed by atoms with Crippen LogP contribution >= 0.6 is 11.8 Å². The quantitative estimate of drug-likeness (QED) is 0.801. The molecular weight excluding hydrogens is 242 g/mol. The smallest absolute Gasteiger partial charge is 0.191 e. The van der Waals surface area contributed by atoms with Gasteiger partial charge in [0.1, 0.15) is 0 Å². The van der Waals surface area contributed by atoms with Gasteiger partial charge in [0.2, 0.25) is 0 Å². The fourth-order valence-corrected chi connectivity index (χ4v) is 2.90. The van der Waals surface area contributed by atoms with Crippen molar-refractivity contribution in [2.24, 2.45) is 10.7 Å². The molecule has 0 amide bonds. The zero-order valence-electron chi connectivity index (χ0n) is 10.9. The number of benzene rings is 1. The largest absolute Gasteiger partial charge is 0.370 e. The Hall–Kier alpha value is -1.16. The standard InChI is InChI=1S/C14H21N3S/c1-2-18-9-8-13-10-16-14(15)17(13)11-12-6-4-3-5-7-12/h3-7,13H,2,8-11H2,1H3,(H2,15,16). The van der Waals surface area contributed by atoms with Crippen LogP contribution in [0.3, 0.4) is 0 Å². The molecule has 1 aliphatic heterocycles. The lowest BCUT2D eigenvalue weighted by Crippen LogP contribution is -2.40. The van der Waals surface area contributed by atoms with E-state index in [0.29, 0.717) is 12.0 Å². The van der Waals surface area contributed by atoms with E-state index in [1.807, 2.05) is 17.8 Å². The zero-order chi connectivity index (χ0) is 12.8. The second-order valence-electron chi connectivity index (χ2n) is 4.45. The zero-order valence-corrected chi connectivity index (χ0v) is 11.7. The molecule has 1 aromatic rings. The van der Waals surface area contributed by atoms with Crippen molar-refractivity contribution >= 4 is 17.7 Å². The topological polar surface area (TPSA) is 41.6 Å². The van der Waals surface area contributed by atoms with E-state index in [-0.39, 0.29) is 0 Å². The summed E-state index contributed by atoms with van der Waals surface area (Å²) in [5.74, 6) is 3.07. The van der Waals surface area contributed by atoms with Gasteiger partial charge < -0.3 is 10.6 Å². The Morgan fingerprint density at radius 1 is 1.39 bits per heavy atom. The molecule has 0 saturated heterocycles. The number of aliphatic imine (C=N–C) groups is 1. The minimum Gasteiger partial charge on any atom is -0.370 e. The van der Waals surface area contributed by atoms with Crippen LogP contribution in [0, 0.1) is 0 Å². The van der Waals surface area contributed by atoms with Crippen molar-refractivity contribution in [3.8, 4) is 0 Å². The molecule has 98 valence electrons. The van der Waals surface area contributed by atoms with Crippen molar-refractivity contribution in [1.29, 1.82) is 0 Å². The van der Waals surface area contributed by atoms with E-state index in [1.165, 1.54) is 17.1 Å². The van der Waals surface area contributed by atoms with Crippen LogP contribution in [-0.4, -0.2) is 35.0 Å². The molecule has 0 bridgehead atoms. The van der Waals surface area contributed by atoms with Gasteiger partial charge in [0.15, 0.2) is 5.96 Å². The highest BCUT2D eigenvalue weighted by molar-refractivity contribution is 7.99. The van der Waals surface area contributed by atoms with Gasteiger partial charge in [0.05, 0.1) is 12.6 Å². The van der Waals surface area contributed by atoms with Crippen molar-refractivity contribution in [3.05, 3.63) is 35.9 Å². The van der Waals surface area contributed by atoms with Gasteiger partial charge in [-0.3, -0.25) is 4.99 Å². The molecule has 0 aliphatic carbocycles. The van der Waals surface area contributed by atoms with Crippen molar-refractivity contribution in [2.75, 3.05) is 18.1 Å². The summed E-state index contributed by atoms with van der Waals surface area (Å²) in [5, 5.41) is 0. The first-order valence-electron chi connectivity index (χ1n) is 6.49. The first kappa shape index (κ1) is 13.3. The third-order valence-electron chi connectivity index (χ3n) is 3.19. The van der Waals surface area contributed by atoms with Crippen molar-refractivity contribution < 1.29 is 0 Å². The number of rotatable bonds is 6. The monoisotopic (exact) mass is 263 g/mol. The van der Waals surface area contributed by atoms with Gasteiger partial charge in [-0.2, -0.15) is 11.8 Å². The third-order valence-corrected chi connectivity index (χ3v) is 4.13. The summed E-state index contributed by atoms with van der Waals surface area (Å²) in [5.41, 5.74) is 7.29. The lowest BCUT2D eigenvalue weighted by atomic mass is 10.1. The average molecular weight is 263 g/mol. The van der Waals surface area contributed by atoms with Gasteiger partial charge in [0.25, 0.3) is 0 Å². The highest BCUT2D eigenvalue weighted by atomic mass is 32.2. The predicted octanol–water partition coefficient (Wildman–Crippen LogP) is 2.33. The molecular formula is C14H21N3S. The Bertz CT molecular complexity index is 391. The Morgan fingerprint density at radius 3 is 2.89 bits per heavy atom. The predicted molar refractivity (Wildman–Crippen MR) is 79.9 cm³/mol. The number of hydrogen-bond acceptors (Lipinski definition) is 4. The molecule has 0 spiro atoms. The Kier molecular flexibility index (Phi) is 4.93. The molecule has 4 heteroatoms. The van der Waals surface area contributed by atoms with Crippen LogP contribution in [0.5, 0.6) is 0 Å². The van der Waals surface area contributed by atoms with E-state index in [1.54, 1.807) is 0 Å². The summed E-state index contributed by atoms with van der Waals surface area (Å²) in [6.07, 6.45) is 1.16. The molecule has 0 fully saturated rings. The number of thioether (sulfide) groups is 1. The van der Waals surface area contributed by atoms with Gasteiger partial charge >= 0.3 is 0 Å². The van der Waals surface area contributed by atoms with Gasteiger partial charge in [-0.1, -0.05) is 37.3 Å². The maximum atomic E-state index is 5.99. The lowest BCUT2D eigenvalue weighted by molar-refractivity contribution is 0.327. The molecule has 0 saturated carbocycles. The summed E-state index contributed by atoms with van der Waals surface area (Å²) in [7, 11) is 0. The van der Waals surface area contributed by atoms with Crippen molar-refractivity contribution in [1.82, 2.24) is 4.90 Å².